The second-order valence-corrected chi connectivity index (χ2v) is 5.85. The average molecular weight is 368 g/mol. The van der Waals surface area contributed by atoms with Crippen LogP contribution in [-0.4, -0.2) is 34.7 Å². The van der Waals surface area contributed by atoms with Gasteiger partial charge in [-0.25, -0.2) is 4.98 Å². The third kappa shape index (κ3) is 4.22. The summed E-state index contributed by atoms with van der Waals surface area (Å²) >= 11 is 0. The van der Waals surface area contributed by atoms with E-state index in [9.17, 15) is 9.59 Å². The predicted octanol–water partition coefficient (Wildman–Crippen LogP) is 1.52. The first-order chi connectivity index (χ1) is 13.1. The van der Waals surface area contributed by atoms with Crippen LogP contribution in [0.2, 0.25) is 0 Å². The first-order valence-corrected chi connectivity index (χ1v) is 8.39. The second-order valence-electron chi connectivity index (χ2n) is 5.85. The number of hydrogen-bond donors (Lipinski definition) is 1. The lowest BCUT2D eigenvalue weighted by atomic mass is 10.2. The Kier molecular flexibility index (Phi) is 5.65. The smallest absolute Gasteiger partial charge is 0.261 e. The van der Waals surface area contributed by atoms with E-state index in [0.29, 0.717) is 28.9 Å². The Balaban J connectivity index is 1.70. The van der Waals surface area contributed by atoms with E-state index in [4.69, 9.17) is 9.47 Å². The number of methoxy groups -OCH3 is 2. The zero-order valence-electron chi connectivity index (χ0n) is 15.1. The molecule has 1 aromatic carbocycles. The minimum atomic E-state index is -0.233. The summed E-state index contributed by atoms with van der Waals surface area (Å²) in [4.78, 5) is 32.9. The highest BCUT2D eigenvalue weighted by Crippen LogP contribution is 2.29. The molecular weight excluding hydrogens is 348 g/mol. The van der Waals surface area contributed by atoms with Crippen LogP contribution < -0.4 is 20.3 Å². The van der Waals surface area contributed by atoms with Crippen LogP contribution in [0.1, 0.15) is 12.0 Å². The van der Waals surface area contributed by atoms with E-state index in [1.54, 1.807) is 24.5 Å². The molecule has 3 rings (SSSR count). The molecule has 0 spiro atoms. The number of nitrogens with one attached hydrogen (secondary N) is 1. The van der Waals surface area contributed by atoms with Gasteiger partial charge in [0.25, 0.3) is 5.56 Å². The van der Waals surface area contributed by atoms with E-state index in [1.807, 2.05) is 12.1 Å². The van der Waals surface area contributed by atoms with E-state index >= 15 is 0 Å². The summed E-state index contributed by atoms with van der Waals surface area (Å²) in [5.74, 6) is 0.813. The highest BCUT2D eigenvalue weighted by Gasteiger charge is 2.11. The van der Waals surface area contributed by atoms with Crippen LogP contribution in [0, 0.1) is 0 Å². The molecule has 1 N–H and O–H groups in total. The van der Waals surface area contributed by atoms with Crippen LogP contribution in [0.3, 0.4) is 0 Å². The summed E-state index contributed by atoms with van der Waals surface area (Å²) in [6.07, 6.45) is 4.95. The fourth-order valence-electron chi connectivity index (χ4n) is 2.66. The number of nitrogens with zero attached hydrogens (tertiary/aromatic N) is 3. The lowest BCUT2D eigenvalue weighted by Crippen LogP contribution is -2.27. The van der Waals surface area contributed by atoms with Crippen LogP contribution in [0.25, 0.3) is 10.9 Å². The van der Waals surface area contributed by atoms with Crippen molar-refractivity contribution in [2.75, 3.05) is 14.2 Å². The maximum Gasteiger partial charge on any atom is 0.261 e. The second kappa shape index (κ2) is 8.31. The number of fused-ring (bicyclic) bond motifs is 1. The van der Waals surface area contributed by atoms with Gasteiger partial charge in [-0.05, 0) is 23.8 Å². The average Bonchev–Trinajstić information content (AvgIpc) is 2.71. The third-order valence-corrected chi connectivity index (χ3v) is 4.15. The van der Waals surface area contributed by atoms with Crippen molar-refractivity contribution in [2.24, 2.45) is 0 Å². The summed E-state index contributed by atoms with van der Waals surface area (Å²) in [6, 6.07) is 6.92. The van der Waals surface area contributed by atoms with Crippen LogP contribution >= 0.6 is 0 Å². The maximum atomic E-state index is 12.7. The van der Waals surface area contributed by atoms with Crippen LogP contribution in [-0.2, 0) is 17.9 Å². The number of ether oxygens (including phenoxy) is 2. The van der Waals surface area contributed by atoms with Gasteiger partial charge in [0.05, 0.1) is 31.4 Å². The van der Waals surface area contributed by atoms with E-state index in [-0.39, 0.29) is 24.4 Å². The summed E-state index contributed by atoms with van der Waals surface area (Å²) < 4.78 is 11.9. The molecule has 0 saturated heterocycles. The zero-order valence-corrected chi connectivity index (χ0v) is 15.1. The van der Waals surface area contributed by atoms with Crippen LogP contribution in [0.5, 0.6) is 11.5 Å². The number of amides is 1. The van der Waals surface area contributed by atoms with Crippen molar-refractivity contribution >= 4 is 16.8 Å². The number of pyridine rings is 1. The standard InChI is InChI=1S/C19H20N4O4/c1-26-16-9-14-15(10-17(16)27-2)22-12-23(19(14)25)8-5-18(24)21-11-13-3-6-20-7-4-13/h3-4,6-7,9-10,12H,5,8,11H2,1-2H3,(H,21,24). The van der Waals surface area contributed by atoms with E-state index in [2.05, 4.69) is 15.3 Å². The molecule has 2 aromatic heterocycles. The molecule has 0 aliphatic carbocycles. The zero-order chi connectivity index (χ0) is 19.2. The van der Waals surface area contributed by atoms with Gasteiger partial charge in [-0.3, -0.25) is 19.1 Å². The molecule has 0 bridgehead atoms. The number of aromatic nitrogens is 3. The number of aryl methyl sites for hydroxylation is 1. The van der Waals surface area contributed by atoms with Gasteiger partial charge in [0.15, 0.2) is 11.5 Å². The fourth-order valence-corrected chi connectivity index (χ4v) is 2.66. The van der Waals surface area contributed by atoms with E-state index < -0.39 is 0 Å². The predicted molar refractivity (Wildman–Crippen MR) is 99.8 cm³/mol. The first-order valence-electron chi connectivity index (χ1n) is 8.39. The van der Waals surface area contributed by atoms with Gasteiger partial charge in [-0.2, -0.15) is 0 Å². The van der Waals surface area contributed by atoms with Gasteiger partial charge in [0.2, 0.25) is 5.91 Å². The Morgan fingerprint density at radius 2 is 1.85 bits per heavy atom. The van der Waals surface area contributed by atoms with Crippen molar-refractivity contribution in [3.63, 3.8) is 0 Å². The first kappa shape index (κ1) is 18.4. The molecule has 1 amide bonds. The molecule has 3 aromatic rings. The quantitative estimate of drug-likeness (QED) is 0.679. The molecule has 8 nitrogen and oxygen atoms in total. The van der Waals surface area contributed by atoms with Crippen molar-refractivity contribution in [1.29, 1.82) is 0 Å². The Bertz CT molecular complexity index is 1000. The van der Waals surface area contributed by atoms with E-state index in [0.717, 1.165) is 5.56 Å². The number of carbonyl (C=O) groups is 1. The van der Waals surface area contributed by atoms with Crippen molar-refractivity contribution < 1.29 is 14.3 Å². The molecule has 140 valence electrons. The van der Waals surface area contributed by atoms with Crippen molar-refractivity contribution in [2.45, 2.75) is 19.5 Å². The molecule has 0 atom stereocenters. The lowest BCUT2D eigenvalue weighted by Gasteiger charge is -2.10. The number of carbonyl (C=O) groups excluding carboxylic acids is 1. The summed E-state index contributed by atoms with van der Waals surface area (Å²) in [5, 5.41) is 3.23. The normalized spacial score (nSPS) is 10.6. The summed E-state index contributed by atoms with van der Waals surface area (Å²) in [6.45, 7) is 0.654. The Hall–Kier alpha value is -3.42. The van der Waals surface area contributed by atoms with Gasteiger partial charge in [0.1, 0.15) is 0 Å². The number of rotatable bonds is 7. The van der Waals surface area contributed by atoms with Gasteiger partial charge in [-0.15, -0.1) is 0 Å². The van der Waals surface area contributed by atoms with Crippen LogP contribution in [0.4, 0.5) is 0 Å². The summed E-state index contributed by atoms with van der Waals surface area (Å²) in [5.41, 5.74) is 1.24. The van der Waals surface area contributed by atoms with Gasteiger partial charge >= 0.3 is 0 Å². The Labute approximate surface area is 155 Å². The van der Waals surface area contributed by atoms with Crippen LogP contribution in [0.15, 0.2) is 47.8 Å². The minimum absolute atomic E-state index is 0.147. The SMILES string of the molecule is COc1cc2ncn(CCC(=O)NCc3ccncc3)c(=O)c2cc1OC. The number of benzene rings is 1. The third-order valence-electron chi connectivity index (χ3n) is 4.15. The molecule has 0 unspecified atom stereocenters. The topological polar surface area (TPSA) is 95.3 Å². The highest BCUT2D eigenvalue weighted by molar-refractivity contribution is 5.81. The maximum absolute atomic E-state index is 12.7. The lowest BCUT2D eigenvalue weighted by molar-refractivity contribution is -0.121. The molecule has 8 heteroatoms. The van der Waals surface area contributed by atoms with Gasteiger partial charge in [-0.1, -0.05) is 0 Å². The molecule has 0 radical (unpaired) electrons. The van der Waals surface area contributed by atoms with Crippen molar-refractivity contribution in [1.82, 2.24) is 19.9 Å². The molecular formula is C19H20N4O4. The summed E-state index contributed by atoms with van der Waals surface area (Å²) in [7, 11) is 3.03. The highest BCUT2D eigenvalue weighted by atomic mass is 16.5. The van der Waals surface area contributed by atoms with Gasteiger partial charge < -0.3 is 14.8 Å². The molecule has 0 saturated carbocycles. The number of hydrogen-bond acceptors (Lipinski definition) is 6. The molecule has 0 aliphatic heterocycles. The monoisotopic (exact) mass is 368 g/mol. The Morgan fingerprint density at radius 1 is 1.15 bits per heavy atom. The largest absolute Gasteiger partial charge is 0.493 e. The minimum Gasteiger partial charge on any atom is -0.493 e. The van der Waals surface area contributed by atoms with E-state index in [1.165, 1.54) is 25.1 Å². The Morgan fingerprint density at radius 3 is 2.56 bits per heavy atom. The van der Waals surface area contributed by atoms with Gasteiger partial charge in [0, 0.05) is 38.0 Å². The molecule has 0 fully saturated rings. The van der Waals surface area contributed by atoms with Crippen molar-refractivity contribution in [3.8, 4) is 11.5 Å². The van der Waals surface area contributed by atoms with Crippen molar-refractivity contribution in [3.05, 3.63) is 58.9 Å². The molecule has 0 aliphatic rings. The fraction of sp³-hybridized carbons (Fsp3) is 0.263. The molecule has 2 heterocycles. The molecule has 27 heavy (non-hydrogen) atoms.